The maximum absolute atomic E-state index is 12.4. The largest absolute Gasteiger partial charge is 0.481 e. The minimum Gasteiger partial charge on any atom is -0.481 e. The van der Waals surface area contributed by atoms with Crippen LogP contribution in [0.2, 0.25) is 0 Å². The number of carbonyl (C=O) groups excluding carboxylic acids is 1. The summed E-state index contributed by atoms with van der Waals surface area (Å²) in [5.41, 5.74) is 3.13. The van der Waals surface area contributed by atoms with E-state index in [-0.39, 0.29) is 5.91 Å². The summed E-state index contributed by atoms with van der Waals surface area (Å²) >= 11 is 1.78. The molecule has 1 atom stereocenters. The van der Waals surface area contributed by atoms with Gasteiger partial charge in [0, 0.05) is 25.1 Å². The summed E-state index contributed by atoms with van der Waals surface area (Å²) in [7, 11) is -1.83. The zero-order valence-electron chi connectivity index (χ0n) is 17.9. The number of rotatable bonds is 11. The van der Waals surface area contributed by atoms with Crippen LogP contribution >= 0.6 is 11.8 Å². The predicted molar refractivity (Wildman–Crippen MR) is 125 cm³/mol. The first-order chi connectivity index (χ1) is 14.2. The van der Waals surface area contributed by atoms with Crippen molar-refractivity contribution in [2.45, 2.75) is 32.1 Å². The normalized spacial score (nSPS) is 12.3. The number of ether oxygens (including phenoxy) is 1. The Kier molecular flexibility index (Phi) is 9.05. The van der Waals surface area contributed by atoms with Gasteiger partial charge in [-0.1, -0.05) is 31.2 Å². The van der Waals surface area contributed by atoms with E-state index in [1.165, 1.54) is 22.5 Å². The molecule has 8 heteroatoms. The van der Waals surface area contributed by atoms with Gasteiger partial charge in [-0.05, 0) is 48.7 Å². The molecular weight excluding hydrogens is 420 g/mol. The van der Waals surface area contributed by atoms with Crippen molar-refractivity contribution in [1.82, 2.24) is 5.32 Å². The fourth-order valence-electron chi connectivity index (χ4n) is 2.73. The minimum absolute atomic E-state index is 0.147. The fourth-order valence-corrected chi connectivity index (χ4v) is 4.17. The summed E-state index contributed by atoms with van der Waals surface area (Å²) < 4.78 is 30.2. The van der Waals surface area contributed by atoms with Gasteiger partial charge in [-0.15, -0.1) is 0 Å². The number of hydrogen-bond donors (Lipinski definition) is 1. The van der Waals surface area contributed by atoms with Gasteiger partial charge in [0.15, 0.2) is 6.10 Å². The summed E-state index contributed by atoms with van der Waals surface area (Å²) in [5.74, 6) is 2.12. The Morgan fingerprint density at radius 1 is 1.17 bits per heavy atom. The highest BCUT2D eigenvalue weighted by atomic mass is 32.2. The number of aryl methyl sites for hydroxylation is 1. The lowest BCUT2D eigenvalue weighted by Gasteiger charge is -2.19. The molecule has 0 aliphatic carbocycles. The Morgan fingerprint density at radius 3 is 2.43 bits per heavy atom. The van der Waals surface area contributed by atoms with Crippen molar-refractivity contribution >= 4 is 33.4 Å². The molecule has 0 aliphatic heterocycles. The number of sulfonamides is 1. The molecule has 2 rings (SSSR count). The average Bonchev–Trinajstić information content (AvgIpc) is 2.72. The van der Waals surface area contributed by atoms with Crippen molar-refractivity contribution in [2.75, 3.05) is 29.9 Å². The first kappa shape index (κ1) is 24.1. The Hall–Kier alpha value is -2.19. The molecule has 0 fully saturated rings. The van der Waals surface area contributed by atoms with Gasteiger partial charge in [0.1, 0.15) is 5.75 Å². The number of hydrogen-bond acceptors (Lipinski definition) is 5. The second kappa shape index (κ2) is 11.3. The zero-order valence-corrected chi connectivity index (χ0v) is 19.6. The van der Waals surface area contributed by atoms with Crippen LogP contribution in [0.4, 0.5) is 5.69 Å². The van der Waals surface area contributed by atoms with Gasteiger partial charge < -0.3 is 10.1 Å². The average molecular weight is 451 g/mol. The Morgan fingerprint density at radius 2 is 1.83 bits per heavy atom. The molecule has 1 amide bonds. The van der Waals surface area contributed by atoms with Crippen molar-refractivity contribution < 1.29 is 17.9 Å². The number of nitrogens with one attached hydrogen (secondary N) is 1. The number of thioether (sulfide) groups is 1. The van der Waals surface area contributed by atoms with Gasteiger partial charge in [0.25, 0.3) is 5.91 Å². The molecule has 164 valence electrons. The zero-order chi connectivity index (χ0) is 22.1. The molecule has 0 aliphatic rings. The highest BCUT2D eigenvalue weighted by molar-refractivity contribution is 7.98. The second-order valence-corrected chi connectivity index (χ2v) is 10.1. The first-order valence-electron chi connectivity index (χ1n) is 9.83. The molecule has 0 radical (unpaired) electrons. The smallest absolute Gasteiger partial charge is 0.261 e. The Bertz CT molecular complexity index is 930. The van der Waals surface area contributed by atoms with Crippen LogP contribution in [-0.2, 0) is 20.6 Å². The molecule has 0 spiro atoms. The fraction of sp³-hybridized carbons (Fsp3) is 0.409. The molecule has 0 bridgehead atoms. The van der Waals surface area contributed by atoms with E-state index in [0.717, 1.165) is 17.8 Å². The van der Waals surface area contributed by atoms with E-state index in [0.29, 0.717) is 24.4 Å². The van der Waals surface area contributed by atoms with E-state index >= 15 is 0 Å². The minimum atomic E-state index is -3.32. The number of nitrogens with zero attached hydrogens (tertiary/aromatic N) is 1. The second-order valence-electron chi connectivity index (χ2n) is 7.01. The molecule has 30 heavy (non-hydrogen) atoms. The quantitative estimate of drug-likeness (QED) is 0.530. The van der Waals surface area contributed by atoms with Crippen molar-refractivity contribution in [3.63, 3.8) is 0 Å². The van der Waals surface area contributed by atoms with Gasteiger partial charge in [-0.3, -0.25) is 9.10 Å². The molecule has 1 unspecified atom stereocenters. The summed E-state index contributed by atoms with van der Waals surface area (Å²) in [5, 5.41) is 2.93. The van der Waals surface area contributed by atoms with E-state index < -0.39 is 16.1 Å². The van der Waals surface area contributed by atoms with Gasteiger partial charge in [-0.2, -0.15) is 11.8 Å². The standard InChI is InChI=1S/C22H30N2O4S2/c1-5-21(28-20-12-10-19(11-13-20)24(3)30(4,26)27)22(25)23-14-15-29-16-18-9-7-6-8-17(18)2/h6-13,21H,5,14-16H2,1-4H3,(H,23,25). The number of benzene rings is 2. The van der Waals surface area contributed by atoms with E-state index in [1.807, 2.05) is 19.1 Å². The van der Waals surface area contributed by atoms with Gasteiger partial charge in [-0.25, -0.2) is 8.42 Å². The van der Waals surface area contributed by atoms with Crippen molar-refractivity contribution in [2.24, 2.45) is 0 Å². The van der Waals surface area contributed by atoms with Crippen LogP contribution in [0.25, 0.3) is 0 Å². The highest BCUT2D eigenvalue weighted by Gasteiger charge is 2.18. The van der Waals surface area contributed by atoms with Crippen LogP contribution in [0.5, 0.6) is 5.75 Å². The maximum atomic E-state index is 12.4. The summed E-state index contributed by atoms with van der Waals surface area (Å²) in [6, 6.07) is 15.0. The van der Waals surface area contributed by atoms with Crippen LogP contribution in [0.1, 0.15) is 24.5 Å². The lowest BCUT2D eigenvalue weighted by atomic mass is 10.1. The monoisotopic (exact) mass is 450 g/mol. The number of amides is 1. The molecule has 0 heterocycles. The SMILES string of the molecule is CCC(Oc1ccc(N(C)S(C)(=O)=O)cc1)C(=O)NCCSCc1ccccc1C. The molecule has 0 saturated heterocycles. The van der Waals surface area contributed by atoms with Crippen LogP contribution < -0.4 is 14.4 Å². The topological polar surface area (TPSA) is 75.7 Å². The van der Waals surface area contributed by atoms with Crippen LogP contribution in [0, 0.1) is 6.92 Å². The lowest BCUT2D eigenvalue weighted by Crippen LogP contribution is -2.39. The highest BCUT2D eigenvalue weighted by Crippen LogP contribution is 2.21. The third-order valence-corrected chi connectivity index (χ3v) is 6.92. The summed E-state index contributed by atoms with van der Waals surface area (Å²) in [6.45, 7) is 4.57. The third-order valence-electron chi connectivity index (χ3n) is 4.70. The maximum Gasteiger partial charge on any atom is 0.261 e. The molecule has 0 aromatic heterocycles. The van der Waals surface area contributed by atoms with Crippen molar-refractivity contribution in [1.29, 1.82) is 0 Å². The van der Waals surface area contributed by atoms with E-state index in [4.69, 9.17) is 4.74 Å². The number of anilines is 1. The van der Waals surface area contributed by atoms with E-state index in [9.17, 15) is 13.2 Å². The molecule has 1 N–H and O–H groups in total. The van der Waals surface area contributed by atoms with Crippen LogP contribution in [0.15, 0.2) is 48.5 Å². The first-order valence-corrected chi connectivity index (χ1v) is 12.8. The Balaban J connectivity index is 1.79. The molecular formula is C22H30N2O4S2. The van der Waals surface area contributed by atoms with E-state index in [2.05, 4.69) is 24.4 Å². The molecule has 0 saturated carbocycles. The molecule has 6 nitrogen and oxygen atoms in total. The van der Waals surface area contributed by atoms with Crippen molar-refractivity contribution in [3.05, 3.63) is 59.7 Å². The van der Waals surface area contributed by atoms with E-state index in [1.54, 1.807) is 36.0 Å². The number of carbonyl (C=O) groups is 1. The van der Waals surface area contributed by atoms with Crippen LogP contribution in [-0.4, -0.2) is 46.0 Å². The Labute approximate surface area is 184 Å². The molecule has 2 aromatic rings. The van der Waals surface area contributed by atoms with Gasteiger partial charge in [0.05, 0.1) is 11.9 Å². The summed E-state index contributed by atoms with van der Waals surface area (Å²) in [6.07, 6.45) is 1.09. The van der Waals surface area contributed by atoms with Crippen LogP contribution in [0.3, 0.4) is 0 Å². The summed E-state index contributed by atoms with van der Waals surface area (Å²) in [4.78, 5) is 12.4. The molecule has 2 aromatic carbocycles. The third kappa shape index (κ3) is 7.25. The lowest BCUT2D eigenvalue weighted by molar-refractivity contribution is -0.127. The van der Waals surface area contributed by atoms with Gasteiger partial charge >= 0.3 is 0 Å². The predicted octanol–water partition coefficient (Wildman–Crippen LogP) is 3.60. The van der Waals surface area contributed by atoms with Gasteiger partial charge in [0.2, 0.25) is 10.0 Å². The van der Waals surface area contributed by atoms with Crippen molar-refractivity contribution in [3.8, 4) is 5.75 Å².